The van der Waals surface area contributed by atoms with Gasteiger partial charge in [-0.1, -0.05) is 23.5 Å². The van der Waals surface area contributed by atoms with Crippen LogP contribution in [0.1, 0.15) is 27.3 Å². The van der Waals surface area contributed by atoms with Gasteiger partial charge in [-0.3, -0.25) is 4.79 Å². The highest BCUT2D eigenvalue weighted by Gasteiger charge is 2.16. The minimum atomic E-state index is -0.741. The van der Waals surface area contributed by atoms with E-state index in [0.717, 1.165) is 22.2 Å². The van der Waals surface area contributed by atoms with Gasteiger partial charge in [0.25, 0.3) is 5.91 Å². The summed E-state index contributed by atoms with van der Waals surface area (Å²) in [4.78, 5) is 13.2. The molecule has 4 aromatic rings. The summed E-state index contributed by atoms with van der Waals surface area (Å²) in [6.07, 6.45) is 0. The quantitative estimate of drug-likeness (QED) is 0.573. The number of amides is 1. The van der Waals surface area contributed by atoms with Gasteiger partial charge in [-0.2, -0.15) is 14.9 Å². The summed E-state index contributed by atoms with van der Waals surface area (Å²) in [7, 11) is 0. The monoisotopic (exact) mass is 392 g/mol. The maximum Gasteiger partial charge on any atom is 0.258 e. The number of aromatic nitrogens is 4. The van der Waals surface area contributed by atoms with E-state index < -0.39 is 11.7 Å². The molecule has 9 heteroatoms. The molecule has 7 nitrogen and oxygen atoms in total. The Labute approximate surface area is 163 Å². The molecule has 28 heavy (non-hydrogen) atoms. The van der Waals surface area contributed by atoms with E-state index in [1.54, 1.807) is 10.6 Å². The van der Waals surface area contributed by atoms with Crippen molar-refractivity contribution in [2.45, 2.75) is 13.8 Å². The van der Waals surface area contributed by atoms with Gasteiger partial charge in [-0.25, -0.2) is 4.39 Å². The van der Waals surface area contributed by atoms with Gasteiger partial charge in [0.2, 0.25) is 4.96 Å². The predicted molar refractivity (Wildman–Crippen MR) is 103 cm³/mol. The number of aryl methyl sites for hydroxylation is 2. The third-order valence-electron chi connectivity index (χ3n) is 4.22. The predicted octanol–water partition coefficient (Wildman–Crippen LogP) is 3.73. The number of nitrogens with zero attached hydrogens (tertiary/aromatic N) is 5. The van der Waals surface area contributed by atoms with Crippen LogP contribution in [-0.4, -0.2) is 25.7 Å². The number of carbonyl (C=O) groups excluding carboxylic acids is 1. The first-order valence-electron chi connectivity index (χ1n) is 8.27. The van der Waals surface area contributed by atoms with Crippen LogP contribution in [0, 0.1) is 31.0 Å². The van der Waals surface area contributed by atoms with Gasteiger partial charge in [-0.05, 0) is 43.7 Å². The van der Waals surface area contributed by atoms with Gasteiger partial charge >= 0.3 is 0 Å². The molecule has 2 heterocycles. The summed E-state index contributed by atoms with van der Waals surface area (Å²) >= 11 is 1.38. The maximum atomic E-state index is 14.1. The third kappa shape index (κ3) is 3.10. The fourth-order valence-electron chi connectivity index (χ4n) is 2.68. The lowest BCUT2D eigenvalue weighted by Gasteiger charge is -2.10. The number of nitrogens with one attached hydrogen (secondary N) is 1. The van der Waals surface area contributed by atoms with E-state index in [4.69, 9.17) is 5.26 Å². The van der Waals surface area contributed by atoms with Crippen LogP contribution in [0.3, 0.4) is 0 Å². The third-order valence-corrected chi connectivity index (χ3v) is 5.17. The molecule has 0 saturated heterocycles. The smallest absolute Gasteiger partial charge is 0.258 e. The van der Waals surface area contributed by atoms with Gasteiger partial charge in [0.05, 0.1) is 17.2 Å². The highest BCUT2D eigenvalue weighted by molar-refractivity contribution is 7.19. The van der Waals surface area contributed by atoms with Crippen LogP contribution in [0.4, 0.5) is 10.1 Å². The van der Waals surface area contributed by atoms with E-state index in [1.165, 1.54) is 23.5 Å². The Kier molecular flexibility index (Phi) is 4.33. The van der Waals surface area contributed by atoms with Crippen LogP contribution in [0.5, 0.6) is 0 Å². The van der Waals surface area contributed by atoms with E-state index in [2.05, 4.69) is 20.6 Å². The van der Waals surface area contributed by atoms with E-state index in [0.29, 0.717) is 16.5 Å². The maximum absolute atomic E-state index is 14.1. The number of fused-ring (bicyclic) bond motifs is 1. The number of halogens is 1. The van der Waals surface area contributed by atoms with Gasteiger partial charge in [0.1, 0.15) is 10.8 Å². The standard InChI is InChI=1S/C19H13FN6OS/c1-10-3-5-13(18-25-26-11(2)23-24-19(26)28-18)8-16(10)22-17(27)14-6-4-12(9-21)7-15(14)20/h3-8H,1-2H3,(H,22,27). The molecule has 0 aliphatic heterocycles. The summed E-state index contributed by atoms with van der Waals surface area (Å²) in [6, 6.07) is 11.1. The van der Waals surface area contributed by atoms with Crippen LogP contribution in [0.15, 0.2) is 36.4 Å². The highest BCUT2D eigenvalue weighted by atomic mass is 32.1. The Morgan fingerprint density at radius 2 is 2.04 bits per heavy atom. The van der Waals surface area contributed by atoms with E-state index in [1.807, 2.05) is 32.0 Å². The molecule has 1 N–H and O–H groups in total. The SMILES string of the molecule is Cc1ccc(-c2nn3c(C)nnc3s2)cc1NC(=O)c1ccc(C#N)cc1F. The second-order valence-electron chi connectivity index (χ2n) is 6.14. The zero-order valence-corrected chi connectivity index (χ0v) is 15.7. The van der Waals surface area contributed by atoms with Crippen molar-refractivity contribution in [1.82, 2.24) is 19.8 Å². The van der Waals surface area contributed by atoms with Crippen molar-refractivity contribution in [1.29, 1.82) is 5.26 Å². The summed E-state index contributed by atoms with van der Waals surface area (Å²) in [5.74, 6) is -0.639. The first-order chi connectivity index (χ1) is 13.5. The Bertz CT molecular complexity index is 1270. The molecule has 138 valence electrons. The molecule has 4 rings (SSSR count). The topological polar surface area (TPSA) is 96.0 Å². The zero-order valence-electron chi connectivity index (χ0n) is 14.9. The number of anilines is 1. The van der Waals surface area contributed by atoms with Gasteiger partial charge in [0.15, 0.2) is 5.82 Å². The number of carbonyl (C=O) groups is 1. The Morgan fingerprint density at radius 1 is 1.21 bits per heavy atom. The molecular weight excluding hydrogens is 379 g/mol. The van der Waals surface area contributed by atoms with Crippen LogP contribution >= 0.6 is 11.3 Å². The summed E-state index contributed by atoms with van der Waals surface area (Å²) in [5.41, 5.74) is 2.21. The molecule has 0 atom stereocenters. The molecule has 0 aliphatic rings. The van der Waals surface area contributed by atoms with Crippen molar-refractivity contribution in [2.75, 3.05) is 5.32 Å². The molecule has 0 unspecified atom stereocenters. The Hall–Kier alpha value is -3.64. The van der Waals surface area contributed by atoms with Crippen molar-refractivity contribution in [3.63, 3.8) is 0 Å². The Balaban J connectivity index is 1.65. The number of rotatable bonds is 3. The molecular formula is C19H13FN6OS. The van der Waals surface area contributed by atoms with Gasteiger partial charge < -0.3 is 5.32 Å². The number of hydrogen-bond acceptors (Lipinski definition) is 6. The van der Waals surface area contributed by atoms with Crippen molar-refractivity contribution >= 4 is 27.9 Å². The van der Waals surface area contributed by atoms with Crippen LogP contribution in [0.25, 0.3) is 15.5 Å². The lowest BCUT2D eigenvalue weighted by atomic mass is 10.1. The van der Waals surface area contributed by atoms with Crippen molar-refractivity contribution < 1.29 is 9.18 Å². The highest BCUT2D eigenvalue weighted by Crippen LogP contribution is 2.29. The molecule has 1 amide bonds. The molecule has 0 bridgehead atoms. The van der Waals surface area contributed by atoms with Crippen molar-refractivity contribution in [3.8, 4) is 16.6 Å². The molecule has 0 radical (unpaired) electrons. The normalized spacial score (nSPS) is 10.8. The minimum absolute atomic E-state index is 0.127. The first kappa shape index (κ1) is 17.8. The minimum Gasteiger partial charge on any atom is -0.322 e. The van der Waals surface area contributed by atoms with Crippen molar-refractivity contribution in [3.05, 3.63) is 64.7 Å². The zero-order chi connectivity index (χ0) is 19.8. The van der Waals surface area contributed by atoms with E-state index in [9.17, 15) is 9.18 Å². The van der Waals surface area contributed by atoms with Crippen LogP contribution in [-0.2, 0) is 0 Å². The largest absolute Gasteiger partial charge is 0.322 e. The fraction of sp³-hybridized carbons (Fsp3) is 0.105. The summed E-state index contributed by atoms with van der Waals surface area (Å²) < 4.78 is 15.8. The Morgan fingerprint density at radius 3 is 2.75 bits per heavy atom. The lowest BCUT2D eigenvalue weighted by molar-refractivity contribution is 0.102. The van der Waals surface area contributed by atoms with E-state index >= 15 is 0 Å². The second-order valence-corrected chi connectivity index (χ2v) is 7.10. The molecule has 0 fully saturated rings. The van der Waals surface area contributed by atoms with Crippen molar-refractivity contribution in [2.24, 2.45) is 0 Å². The number of nitriles is 1. The fourth-order valence-corrected chi connectivity index (χ4v) is 3.56. The molecule has 0 aliphatic carbocycles. The average Bonchev–Trinajstić information content (AvgIpc) is 3.25. The second kappa shape index (κ2) is 6.83. The van der Waals surface area contributed by atoms with E-state index in [-0.39, 0.29) is 11.1 Å². The first-order valence-corrected chi connectivity index (χ1v) is 9.09. The average molecular weight is 392 g/mol. The number of hydrogen-bond donors (Lipinski definition) is 1. The summed E-state index contributed by atoms with van der Waals surface area (Å²) in [6.45, 7) is 3.66. The lowest BCUT2D eigenvalue weighted by Crippen LogP contribution is -2.14. The van der Waals surface area contributed by atoms with Gasteiger partial charge in [-0.15, -0.1) is 10.2 Å². The van der Waals surface area contributed by atoms with Crippen LogP contribution in [0.2, 0.25) is 0 Å². The molecule has 2 aromatic heterocycles. The van der Waals surface area contributed by atoms with Gasteiger partial charge in [0, 0.05) is 11.3 Å². The molecule has 2 aromatic carbocycles. The molecule has 0 saturated carbocycles. The van der Waals surface area contributed by atoms with Crippen LogP contribution < -0.4 is 5.32 Å². The summed E-state index contributed by atoms with van der Waals surface area (Å²) in [5, 5.41) is 24.8. The number of benzene rings is 2. The molecule has 0 spiro atoms.